The third-order valence-electron chi connectivity index (χ3n) is 2.86. The molecule has 0 saturated heterocycles. The summed E-state index contributed by atoms with van der Waals surface area (Å²) in [7, 11) is 0. The summed E-state index contributed by atoms with van der Waals surface area (Å²) in [5, 5.41) is 12.4. The van der Waals surface area contributed by atoms with Crippen LogP contribution in [0.15, 0.2) is 24.3 Å². The van der Waals surface area contributed by atoms with Crippen molar-refractivity contribution in [2.75, 3.05) is 11.9 Å². The minimum atomic E-state index is -1.27. The van der Waals surface area contributed by atoms with Gasteiger partial charge in [0, 0.05) is 17.3 Å². The van der Waals surface area contributed by atoms with Gasteiger partial charge >= 0.3 is 12.0 Å². The zero-order valence-electron chi connectivity index (χ0n) is 11.1. The van der Waals surface area contributed by atoms with Gasteiger partial charge < -0.3 is 15.3 Å². The van der Waals surface area contributed by atoms with Crippen molar-refractivity contribution in [2.24, 2.45) is 0 Å². The van der Waals surface area contributed by atoms with Crippen LogP contribution in [0.2, 0.25) is 5.02 Å². The standard InChI is InChI=1S/C13H17ClN2O3/c1-4-16(13(2,3)11(17)18)12(19)15-10-7-5-9(14)6-8-10/h5-8H,4H2,1-3H3,(H,15,19)(H,17,18). The van der Waals surface area contributed by atoms with E-state index in [0.717, 1.165) is 0 Å². The number of amides is 2. The molecule has 5 nitrogen and oxygen atoms in total. The zero-order chi connectivity index (χ0) is 14.6. The molecule has 2 amide bonds. The Kier molecular flexibility index (Phi) is 4.78. The van der Waals surface area contributed by atoms with Crippen molar-refractivity contribution in [1.82, 2.24) is 4.90 Å². The van der Waals surface area contributed by atoms with Crippen LogP contribution in [0.4, 0.5) is 10.5 Å². The van der Waals surface area contributed by atoms with Gasteiger partial charge in [0.1, 0.15) is 5.54 Å². The van der Waals surface area contributed by atoms with E-state index in [1.54, 1.807) is 31.2 Å². The Balaban J connectivity index is 2.86. The Morgan fingerprint density at radius 2 is 1.84 bits per heavy atom. The Morgan fingerprint density at radius 3 is 2.26 bits per heavy atom. The molecule has 6 heteroatoms. The van der Waals surface area contributed by atoms with E-state index in [-0.39, 0.29) is 0 Å². The molecule has 19 heavy (non-hydrogen) atoms. The maximum Gasteiger partial charge on any atom is 0.329 e. The summed E-state index contributed by atoms with van der Waals surface area (Å²) in [6, 6.07) is 6.15. The van der Waals surface area contributed by atoms with Crippen LogP contribution in [0.25, 0.3) is 0 Å². The second-order valence-corrected chi connectivity index (χ2v) is 4.98. The van der Waals surface area contributed by atoms with E-state index in [2.05, 4.69) is 5.32 Å². The first-order chi connectivity index (χ1) is 8.78. The third-order valence-corrected chi connectivity index (χ3v) is 3.11. The monoisotopic (exact) mass is 284 g/mol. The van der Waals surface area contributed by atoms with Gasteiger partial charge in [-0.05, 0) is 45.0 Å². The van der Waals surface area contributed by atoms with Crippen LogP contribution in [-0.2, 0) is 4.79 Å². The van der Waals surface area contributed by atoms with Crippen LogP contribution in [0.3, 0.4) is 0 Å². The number of carboxylic acid groups (broad SMARTS) is 1. The van der Waals surface area contributed by atoms with Gasteiger partial charge in [-0.3, -0.25) is 0 Å². The zero-order valence-corrected chi connectivity index (χ0v) is 11.9. The van der Waals surface area contributed by atoms with Crippen LogP contribution in [0, 0.1) is 0 Å². The fourth-order valence-electron chi connectivity index (χ4n) is 1.63. The van der Waals surface area contributed by atoms with E-state index in [1.807, 2.05) is 0 Å². The van der Waals surface area contributed by atoms with Gasteiger partial charge in [-0.2, -0.15) is 0 Å². The number of urea groups is 1. The first-order valence-corrected chi connectivity index (χ1v) is 6.24. The predicted molar refractivity (Wildman–Crippen MR) is 74.6 cm³/mol. The molecule has 0 aromatic heterocycles. The van der Waals surface area contributed by atoms with E-state index >= 15 is 0 Å². The van der Waals surface area contributed by atoms with Crippen molar-refractivity contribution in [3.05, 3.63) is 29.3 Å². The van der Waals surface area contributed by atoms with E-state index in [1.165, 1.54) is 18.7 Å². The number of nitrogens with zero attached hydrogens (tertiary/aromatic N) is 1. The van der Waals surface area contributed by atoms with Crippen molar-refractivity contribution in [1.29, 1.82) is 0 Å². The molecule has 1 aromatic carbocycles. The molecule has 104 valence electrons. The van der Waals surface area contributed by atoms with Gasteiger partial charge in [-0.25, -0.2) is 9.59 Å². The summed E-state index contributed by atoms with van der Waals surface area (Å²) in [4.78, 5) is 24.5. The number of carbonyl (C=O) groups excluding carboxylic acids is 1. The summed E-state index contributed by atoms with van der Waals surface area (Å²) in [5.41, 5.74) is -0.709. The van der Waals surface area contributed by atoms with Crippen molar-refractivity contribution in [3.63, 3.8) is 0 Å². The average Bonchev–Trinajstić information content (AvgIpc) is 2.32. The first-order valence-electron chi connectivity index (χ1n) is 5.86. The van der Waals surface area contributed by atoms with Gasteiger partial charge in [-0.15, -0.1) is 0 Å². The molecule has 0 heterocycles. The van der Waals surface area contributed by atoms with Gasteiger partial charge in [0.2, 0.25) is 0 Å². The Morgan fingerprint density at radius 1 is 1.32 bits per heavy atom. The fourth-order valence-corrected chi connectivity index (χ4v) is 1.76. The number of benzene rings is 1. The topological polar surface area (TPSA) is 69.6 Å². The lowest BCUT2D eigenvalue weighted by molar-refractivity contribution is -0.147. The highest BCUT2D eigenvalue weighted by molar-refractivity contribution is 6.30. The van der Waals surface area contributed by atoms with Crippen LogP contribution < -0.4 is 5.32 Å². The highest BCUT2D eigenvalue weighted by Crippen LogP contribution is 2.18. The Bertz CT molecular complexity index is 471. The van der Waals surface area contributed by atoms with Crippen LogP contribution >= 0.6 is 11.6 Å². The summed E-state index contributed by atoms with van der Waals surface area (Å²) in [6.07, 6.45) is 0. The average molecular weight is 285 g/mol. The Labute approximate surface area is 117 Å². The van der Waals surface area contributed by atoms with Crippen molar-refractivity contribution in [3.8, 4) is 0 Å². The molecule has 0 fully saturated rings. The molecule has 0 atom stereocenters. The summed E-state index contributed by atoms with van der Waals surface area (Å²) in [6.45, 7) is 4.99. The summed E-state index contributed by atoms with van der Waals surface area (Å²) >= 11 is 5.75. The maximum atomic E-state index is 12.1. The lowest BCUT2D eigenvalue weighted by Crippen LogP contribution is -2.54. The molecule has 0 spiro atoms. The molecule has 0 bridgehead atoms. The molecular weight excluding hydrogens is 268 g/mol. The van der Waals surface area contributed by atoms with Crippen LogP contribution in [0.5, 0.6) is 0 Å². The number of aliphatic carboxylic acids is 1. The minimum absolute atomic E-state index is 0.290. The minimum Gasteiger partial charge on any atom is -0.480 e. The highest BCUT2D eigenvalue weighted by atomic mass is 35.5. The van der Waals surface area contributed by atoms with E-state index in [0.29, 0.717) is 17.3 Å². The van der Waals surface area contributed by atoms with Gasteiger partial charge in [0.05, 0.1) is 0 Å². The quantitative estimate of drug-likeness (QED) is 0.893. The van der Waals surface area contributed by atoms with Gasteiger partial charge in [-0.1, -0.05) is 11.6 Å². The number of rotatable bonds is 4. The molecule has 0 saturated carbocycles. The number of carboxylic acids is 1. The molecule has 1 aromatic rings. The molecule has 0 aliphatic rings. The molecule has 0 unspecified atom stereocenters. The van der Waals surface area contributed by atoms with E-state index in [4.69, 9.17) is 16.7 Å². The molecule has 2 N–H and O–H groups in total. The summed E-state index contributed by atoms with van der Waals surface area (Å²) < 4.78 is 0. The highest BCUT2D eigenvalue weighted by Gasteiger charge is 2.36. The van der Waals surface area contributed by atoms with E-state index in [9.17, 15) is 9.59 Å². The number of carbonyl (C=O) groups is 2. The molecule has 1 rings (SSSR count). The SMILES string of the molecule is CCN(C(=O)Nc1ccc(Cl)cc1)C(C)(C)C(=O)O. The first kappa shape index (κ1) is 15.3. The smallest absolute Gasteiger partial charge is 0.329 e. The predicted octanol–water partition coefficient (Wildman–Crippen LogP) is 3.06. The van der Waals surface area contributed by atoms with Crippen molar-refractivity contribution < 1.29 is 14.7 Å². The molecular formula is C13H17ClN2O3. The number of hydrogen-bond donors (Lipinski definition) is 2. The third kappa shape index (κ3) is 3.61. The lowest BCUT2D eigenvalue weighted by atomic mass is 10.0. The number of nitrogens with one attached hydrogen (secondary N) is 1. The normalized spacial score (nSPS) is 10.9. The van der Waals surface area contributed by atoms with E-state index < -0.39 is 17.5 Å². The number of halogens is 1. The number of anilines is 1. The number of hydrogen-bond acceptors (Lipinski definition) is 2. The van der Waals surface area contributed by atoms with Crippen LogP contribution in [0.1, 0.15) is 20.8 Å². The van der Waals surface area contributed by atoms with Crippen molar-refractivity contribution in [2.45, 2.75) is 26.3 Å². The molecule has 0 aliphatic carbocycles. The van der Waals surface area contributed by atoms with Gasteiger partial charge in [0.15, 0.2) is 0 Å². The number of likely N-dealkylation sites (N-methyl/N-ethyl adjacent to an activating group) is 1. The fraction of sp³-hybridized carbons (Fsp3) is 0.385. The Hall–Kier alpha value is -1.75. The second kappa shape index (κ2) is 5.93. The van der Waals surface area contributed by atoms with Crippen LogP contribution in [-0.4, -0.2) is 34.1 Å². The largest absolute Gasteiger partial charge is 0.480 e. The lowest BCUT2D eigenvalue weighted by Gasteiger charge is -2.34. The maximum absolute atomic E-state index is 12.1. The summed E-state index contributed by atoms with van der Waals surface area (Å²) in [5.74, 6) is -1.05. The molecule has 0 aliphatic heterocycles. The van der Waals surface area contributed by atoms with Gasteiger partial charge in [0.25, 0.3) is 0 Å². The molecule has 0 radical (unpaired) electrons. The van der Waals surface area contributed by atoms with Crippen molar-refractivity contribution >= 4 is 29.3 Å². The second-order valence-electron chi connectivity index (χ2n) is 4.55.